The molecule has 2 aromatic carbocycles. The summed E-state index contributed by atoms with van der Waals surface area (Å²) in [6, 6.07) is 16.8. The zero-order chi connectivity index (χ0) is 23.4. The average molecular weight is 484 g/mol. The van der Waals surface area contributed by atoms with Crippen molar-refractivity contribution in [3.8, 4) is 0 Å². The monoisotopic (exact) mass is 483 g/mol. The van der Waals surface area contributed by atoms with Gasteiger partial charge in [-0.3, -0.25) is 9.69 Å². The molecule has 1 aliphatic rings. The molecule has 1 unspecified atom stereocenters. The molecule has 0 N–H and O–H groups in total. The Kier molecular flexibility index (Phi) is 7.42. The third-order valence-electron chi connectivity index (χ3n) is 5.81. The SMILES string of the molecule is COC(=O)C(c1ccc(Cl)cc1)N1CCN(C(=O)c2sc(Cc3ccccc3)nc2C)CC1. The first-order valence-corrected chi connectivity index (χ1v) is 12.0. The smallest absolute Gasteiger partial charge is 0.327 e. The number of aryl methyl sites for hydroxylation is 1. The second kappa shape index (κ2) is 10.5. The zero-order valence-corrected chi connectivity index (χ0v) is 20.2. The summed E-state index contributed by atoms with van der Waals surface area (Å²) < 4.78 is 5.06. The number of methoxy groups -OCH3 is 1. The summed E-state index contributed by atoms with van der Waals surface area (Å²) in [5, 5.41) is 1.55. The van der Waals surface area contributed by atoms with Gasteiger partial charge in [0, 0.05) is 37.6 Å². The lowest BCUT2D eigenvalue weighted by Crippen LogP contribution is -2.51. The Labute approximate surface area is 202 Å². The number of rotatable bonds is 6. The van der Waals surface area contributed by atoms with Crippen LogP contribution in [0.1, 0.15) is 37.5 Å². The summed E-state index contributed by atoms with van der Waals surface area (Å²) >= 11 is 7.48. The molecule has 3 aromatic rings. The molecule has 6 nitrogen and oxygen atoms in total. The third kappa shape index (κ3) is 5.43. The van der Waals surface area contributed by atoms with E-state index in [0.717, 1.165) is 22.7 Å². The number of aromatic nitrogens is 1. The maximum Gasteiger partial charge on any atom is 0.327 e. The fourth-order valence-electron chi connectivity index (χ4n) is 4.08. The van der Waals surface area contributed by atoms with Crippen LogP contribution in [0.3, 0.4) is 0 Å². The molecule has 4 rings (SSSR count). The quantitative estimate of drug-likeness (QED) is 0.487. The van der Waals surface area contributed by atoms with Crippen LogP contribution in [0.5, 0.6) is 0 Å². The van der Waals surface area contributed by atoms with E-state index >= 15 is 0 Å². The number of carbonyl (C=O) groups excluding carboxylic acids is 2. The van der Waals surface area contributed by atoms with Gasteiger partial charge >= 0.3 is 5.97 Å². The first-order valence-electron chi connectivity index (χ1n) is 10.8. The normalized spacial score (nSPS) is 15.3. The number of carbonyl (C=O) groups is 2. The molecule has 8 heteroatoms. The molecule has 33 heavy (non-hydrogen) atoms. The van der Waals surface area contributed by atoms with Crippen molar-refractivity contribution in [3.05, 3.63) is 86.3 Å². The second-order valence-electron chi connectivity index (χ2n) is 7.99. The van der Waals surface area contributed by atoms with Gasteiger partial charge in [0.25, 0.3) is 5.91 Å². The first-order chi connectivity index (χ1) is 16.0. The van der Waals surface area contributed by atoms with E-state index in [9.17, 15) is 9.59 Å². The van der Waals surface area contributed by atoms with E-state index in [1.165, 1.54) is 24.0 Å². The Hall–Kier alpha value is -2.74. The van der Waals surface area contributed by atoms with Crippen LogP contribution in [0.4, 0.5) is 0 Å². The highest BCUT2D eigenvalue weighted by Gasteiger charge is 2.33. The van der Waals surface area contributed by atoms with Gasteiger partial charge in [-0.2, -0.15) is 0 Å². The van der Waals surface area contributed by atoms with Crippen LogP contribution < -0.4 is 0 Å². The van der Waals surface area contributed by atoms with E-state index in [-0.39, 0.29) is 11.9 Å². The van der Waals surface area contributed by atoms with Gasteiger partial charge in [-0.1, -0.05) is 54.1 Å². The number of hydrogen-bond donors (Lipinski definition) is 0. The van der Waals surface area contributed by atoms with Crippen LogP contribution in [-0.2, 0) is 16.0 Å². The Morgan fingerprint density at radius 2 is 1.73 bits per heavy atom. The van der Waals surface area contributed by atoms with Crippen LogP contribution in [0.15, 0.2) is 54.6 Å². The summed E-state index contributed by atoms with van der Waals surface area (Å²) in [5.74, 6) is -0.314. The minimum atomic E-state index is -0.521. The van der Waals surface area contributed by atoms with Gasteiger partial charge < -0.3 is 9.64 Å². The van der Waals surface area contributed by atoms with E-state index in [1.807, 2.05) is 42.2 Å². The molecule has 1 atom stereocenters. The molecule has 2 heterocycles. The molecule has 1 aliphatic heterocycles. The van der Waals surface area contributed by atoms with Crippen LogP contribution >= 0.6 is 22.9 Å². The minimum Gasteiger partial charge on any atom is -0.468 e. The van der Waals surface area contributed by atoms with Crippen molar-refractivity contribution in [1.29, 1.82) is 0 Å². The lowest BCUT2D eigenvalue weighted by atomic mass is 10.0. The molecule has 0 spiro atoms. The van der Waals surface area contributed by atoms with E-state index < -0.39 is 6.04 Å². The molecule has 1 aromatic heterocycles. The lowest BCUT2D eigenvalue weighted by molar-refractivity contribution is -0.148. The molecule has 0 aliphatic carbocycles. The van der Waals surface area contributed by atoms with Crippen molar-refractivity contribution in [2.75, 3.05) is 33.3 Å². The lowest BCUT2D eigenvalue weighted by Gasteiger charge is -2.38. The summed E-state index contributed by atoms with van der Waals surface area (Å²) in [7, 11) is 1.39. The van der Waals surface area contributed by atoms with E-state index in [2.05, 4.69) is 22.0 Å². The van der Waals surface area contributed by atoms with Crippen LogP contribution in [0.25, 0.3) is 0 Å². The number of nitrogens with zero attached hydrogens (tertiary/aromatic N) is 3. The van der Waals surface area contributed by atoms with Crippen molar-refractivity contribution in [1.82, 2.24) is 14.8 Å². The van der Waals surface area contributed by atoms with Crippen LogP contribution in [0.2, 0.25) is 5.02 Å². The van der Waals surface area contributed by atoms with Gasteiger partial charge in [0.1, 0.15) is 10.9 Å². The van der Waals surface area contributed by atoms with Gasteiger partial charge in [-0.05, 0) is 30.2 Å². The van der Waals surface area contributed by atoms with Crippen molar-refractivity contribution >= 4 is 34.8 Å². The van der Waals surface area contributed by atoms with Gasteiger partial charge in [-0.25, -0.2) is 9.78 Å². The average Bonchev–Trinajstić information content (AvgIpc) is 3.20. The first kappa shape index (κ1) is 23.4. The van der Waals surface area contributed by atoms with Gasteiger partial charge in [-0.15, -0.1) is 11.3 Å². The maximum absolute atomic E-state index is 13.2. The molecular formula is C25H26ClN3O3S. The molecule has 172 valence electrons. The van der Waals surface area contributed by atoms with Crippen molar-refractivity contribution in [3.63, 3.8) is 0 Å². The van der Waals surface area contributed by atoms with Crippen LogP contribution in [-0.4, -0.2) is 59.9 Å². The summed E-state index contributed by atoms with van der Waals surface area (Å²) in [5.41, 5.74) is 2.77. The standard InChI is InChI=1S/C25H26ClN3O3S/c1-17-23(33-21(27-17)16-18-6-4-3-5-7-18)24(30)29-14-12-28(13-15-29)22(25(31)32-2)19-8-10-20(26)11-9-19/h3-11,22H,12-16H2,1-2H3. The highest BCUT2D eigenvalue weighted by molar-refractivity contribution is 7.13. The number of amides is 1. The maximum atomic E-state index is 13.2. The highest BCUT2D eigenvalue weighted by Crippen LogP contribution is 2.27. The van der Waals surface area contributed by atoms with E-state index in [4.69, 9.17) is 16.3 Å². The number of halogens is 1. The number of esters is 1. The van der Waals surface area contributed by atoms with Gasteiger partial charge in [0.15, 0.2) is 0 Å². The molecule has 1 fully saturated rings. The topological polar surface area (TPSA) is 62.7 Å². The number of piperazine rings is 1. The summed E-state index contributed by atoms with van der Waals surface area (Å²) in [6.07, 6.45) is 0.718. The number of thiazole rings is 1. The molecular weight excluding hydrogens is 458 g/mol. The number of hydrogen-bond acceptors (Lipinski definition) is 6. The highest BCUT2D eigenvalue weighted by atomic mass is 35.5. The minimum absolute atomic E-state index is 0.00470. The molecule has 1 amide bonds. The van der Waals surface area contributed by atoms with Crippen molar-refractivity contribution < 1.29 is 14.3 Å². The Bertz CT molecular complexity index is 1110. The van der Waals surface area contributed by atoms with Crippen molar-refractivity contribution in [2.45, 2.75) is 19.4 Å². The predicted octanol–water partition coefficient (Wildman–Crippen LogP) is 4.37. The Morgan fingerprint density at radius 3 is 2.36 bits per heavy atom. The Balaban J connectivity index is 1.43. The molecule has 0 bridgehead atoms. The second-order valence-corrected chi connectivity index (χ2v) is 9.51. The third-order valence-corrected chi connectivity index (χ3v) is 7.21. The number of benzene rings is 2. The zero-order valence-electron chi connectivity index (χ0n) is 18.7. The number of ether oxygens (including phenoxy) is 1. The van der Waals surface area contributed by atoms with Crippen LogP contribution in [0, 0.1) is 6.92 Å². The summed E-state index contributed by atoms with van der Waals surface area (Å²) in [4.78, 5) is 35.0. The molecule has 0 radical (unpaired) electrons. The fraction of sp³-hybridized carbons (Fsp3) is 0.320. The predicted molar refractivity (Wildman–Crippen MR) is 130 cm³/mol. The molecule has 1 saturated heterocycles. The van der Waals surface area contributed by atoms with Gasteiger partial charge in [0.2, 0.25) is 0 Å². The summed E-state index contributed by atoms with van der Waals surface area (Å²) in [6.45, 7) is 4.10. The largest absolute Gasteiger partial charge is 0.468 e. The van der Waals surface area contributed by atoms with E-state index in [0.29, 0.717) is 36.1 Å². The van der Waals surface area contributed by atoms with Gasteiger partial charge in [0.05, 0.1) is 17.8 Å². The Morgan fingerprint density at radius 1 is 1.06 bits per heavy atom. The fourth-order valence-corrected chi connectivity index (χ4v) is 5.27. The van der Waals surface area contributed by atoms with E-state index in [1.54, 1.807) is 12.1 Å². The van der Waals surface area contributed by atoms with Crippen molar-refractivity contribution in [2.24, 2.45) is 0 Å². The molecule has 0 saturated carbocycles.